The summed E-state index contributed by atoms with van der Waals surface area (Å²) in [7, 11) is 5.25. The molecule has 4 aromatic rings. The molecule has 0 saturated heterocycles. The quantitative estimate of drug-likeness (QED) is 0.365. The average Bonchev–Trinajstić information content (AvgIpc) is 3.35. The van der Waals surface area contributed by atoms with Crippen molar-refractivity contribution in [2.45, 2.75) is 6.36 Å². The van der Waals surface area contributed by atoms with Crippen LogP contribution < -0.4 is 14.4 Å². The molecular weight excluding hydrogens is 459 g/mol. The molecule has 1 amide bonds. The maximum Gasteiger partial charge on any atom is 0.573 e. The standard InChI is InChI=1S/C22H20F3N3O4S/c1-27(2)9-10-28(20(29)17-11-13-5-4-6-16(30-3)19(13)31-17)21-26-15-8-7-14(12-18(15)33-21)32-22(23,24)25/h4-8,11-12H,9-10H2,1-3H3. The van der Waals surface area contributed by atoms with Gasteiger partial charge in [-0.2, -0.15) is 0 Å². The first-order chi connectivity index (χ1) is 15.6. The van der Waals surface area contributed by atoms with Crippen LogP contribution in [0.5, 0.6) is 11.5 Å². The number of thiazole rings is 1. The van der Waals surface area contributed by atoms with Crippen molar-refractivity contribution < 1.29 is 31.9 Å². The van der Waals surface area contributed by atoms with Gasteiger partial charge in [-0.15, -0.1) is 13.2 Å². The second-order valence-corrected chi connectivity index (χ2v) is 8.43. The first-order valence-corrected chi connectivity index (χ1v) is 10.7. The predicted molar refractivity (Wildman–Crippen MR) is 119 cm³/mol. The number of nitrogens with zero attached hydrogens (tertiary/aromatic N) is 3. The summed E-state index contributed by atoms with van der Waals surface area (Å²) in [4.78, 5) is 21.3. The highest BCUT2D eigenvalue weighted by atomic mass is 32.1. The fourth-order valence-corrected chi connectivity index (χ4v) is 4.24. The average molecular weight is 479 g/mol. The number of carbonyl (C=O) groups excluding carboxylic acids is 1. The Kier molecular flexibility index (Phi) is 6.17. The van der Waals surface area contributed by atoms with Crippen LogP contribution in [-0.4, -0.2) is 56.4 Å². The normalized spacial score (nSPS) is 12.0. The molecule has 2 heterocycles. The minimum absolute atomic E-state index is 0.105. The van der Waals surface area contributed by atoms with Gasteiger partial charge >= 0.3 is 6.36 Å². The van der Waals surface area contributed by atoms with Crippen LogP contribution in [0, 0.1) is 0 Å². The van der Waals surface area contributed by atoms with E-state index in [0.29, 0.717) is 45.2 Å². The highest BCUT2D eigenvalue weighted by Gasteiger charge is 2.31. The van der Waals surface area contributed by atoms with Crippen LogP contribution in [-0.2, 0) is 0 Å². The van der Waals surface area contributed by atoms with E-state index >= 15 is 0 Å². The number of aromatic nitrogens is 1. The van der Waals surface area contributed by atoms with E-state index in [1.54, 1.807) is 18.2 Å². The second-order valence-electron chi connectivity index (χ2n) is 7.42. The number of anilines is 1. The van der Waals surface area contributed by atoms with E-state index in [0.717, 1.165) is 11.3 Å². The van der Waals surface area contributed by atoms with Crippen molar-refractivity contribution >= 4 is 43.6 Å². The molecule has 33 heavy (non-hydrogen) atoms. The molecule has 0 radical (unpaired) electrons. The van der Waals surface area contributed by atoms with Crippen LogP contribution in [0.15, 0.2) is 46.9 Å². The third-order valence-corrected chi connectivity index (χ3v) is 5.81. The largest absolute Gasteiger partial charge is 0.573 e. The fourth-order valence-electron chi connectivity index (χ4n) is 3.22. The Morgan fingerprint density at radius 1 is 1.15 bits per heavy atom. The Bertz CT molecular complexity index is 1300. The summed E-state index contributed by atoms with van der Waals surface area (Å²) in [5, 5.41) is 1.05. The van der Waals surface area contributed by atoms with Gasteiger partial charge in [0, 0.05) is 24.5 Å². The van der Waals surface area contributed by atoms with Crippen molar-refractivity contribution in [2.24, 2.45) is 0 Å². The summed E-state index contributed by atoms with van der Waals surface area (Å²) in [6.07, 6.45) is -4.79. The van der Waals surface area contributed by atoms with Crippen molar-refractivity contribution in [3.63, 3.8) is 0 Å². The molecule has 0 fully saturated rings. The number of hydrogen-bond acceptors (Lipinski definition) is 7. The van der Waals surface area contributed by atoms with Gasteiger partial charge < -0.3 is 18.8 Å². The maximum absolute atomic E-state index is 13.4. The van der Waals surface area contributed by atoms with Gasteiger partial charge in [0.1, 0.15) is 5.75 Å². The van der Waals surface area contributed by atoms with Gasteiger partial charge in [0.15, 0.2) is 22.2 Å². The number of hydrogen-bond donors (Lipinski definition) is 0. The van der Waals surface area contributed by atoms with Gasteiger partial charge in [-0.25, -0.2) is 4.98 Å². The fraction of sp³-hybridized carbons (Fsp3) is 0.273. The van der Waals surface area contributed by atoms with Gasteiger partial charge in [0.25, 0.3) is 5.91 Å². The number of amides is 1. The molecule has 11 heteroatoms. The highest BCUT2D eigenvalue weighted by molar-refractivity contribution is 7.22. The number of halogens is 3. The lowest BCUT2D eigenvalue weighted by Crippen LogP contribution is -2.36. The summed E-state index contributed by atoms with van der Waals surface area (Å²) in [5.74, 6) is -0.154. The molecule has 7 nitrogen and oxygen atoms in total. The zero-order chi connectivity index (χ0) is 23.8. The Morgan fingerprint density at radius 2 is 1.94 bits per heavy atom. The minimum atomic E-state index is -4.79. The van der Waals surface area contributed by atoms with Gasteiger partial charge in [-0.05, 0) is 38.4 Å². The van der Waals surface area contributed by atoms with E-state index in [2.05, 4.69) is 9.72 Å². The number of alkyl halides is 3. The van der Waals surface area contributed by atoms with E-state index in [-0.39, 0.29) is 11.5 Å². The van der Waals surface area contributed by atoms with Crippen molar-refractivity contribution in [1.82, 2.24) is 9.88 Å². The van der Waals surface area contributed by atoms with E-state index < -0.39 is 12.3 Å². The summed E-state index contributed by atoms with van der Waals surface area (Å²) in [6.45, 7) is 0.833. The second kappa shape index (κ2) is 8.91. The molecule has 0 unspecified atom stereocenters. The molecule has 0 bridgehead atoms. The molecular formula is C22H20F3N3O4S. The predicted octanol–water partition coefficient (Wildman–Crippen LogP) is 5.16. The number of methoxy groups -OCH3 is 1. The number of carbonyl (C=O) groups is 1. The lowest BCUT2D eigenvalue weighted by molar-refractivity contribution is -0.274. The van der Waals surface area contributed by atoms with Crippen molar-refractivity contribution in [2.75, 3.05) is 39.2 Å². The highest BCUT2D eigenvalue weighted by Crippen LogP contribution is 2.35. The number of likely N-dealkylation sites (N-methyl/N-ethyl adjacent to an activating group) is 1. The Labute approximate surface area is 190 Å². The van der Waals surface area contributed by atoms with Crippen LogP contribution in [0.4, 0.5) is 18.3 Å². The van der Waals surface area contributed by atoms with Crippen molar-refractivity contribution in [3.05, 3.63) is 48.2 Å². The number of para-hydroxylation sites is 1. The van der Waals surface area contributed by atoms with Gasteiger partial charge in [-0.3, -0.25) is 9.69 Å². The monoisotopic (exact) mass is 479 g/mol. The molecule has 0 N–H and O–H groups in total. The molecule has 2 aromatic heterocycles. The summed E-state index contributed by atoms with van der Waals surface area (Å²) in [6, 6.07) is 10.8. The van der Waals surface area contributed by atoms with Crippen molar-refractivity contribution in [1.29, 1.82) is 0 Å². The minimum Gasteiger partial charge on any atom is -0.493 e. The first-order valence-electron chi connectivity index (χ1n) is 9.84. The molecule has 0 spiro atoms. The van der Waals surface area contributed by atoms with Crippen LogP contribution in [0.3, 0.4) is 0 Å². The van der Waals surface area contributed by atoms with Gasteiger partial charge in [0.05, 0.1) is 17.3 Å². The third-order valence-electron chi connectivity index (χ3n) is 4.77. The van der Waals surface area contributed by atoms with Crippen LogP contribution in [0.25, 0.3) is 21.2 Å². The lowest BCUT2D eigenvalue weighted by atomic mass is 10.2. The number of furan rings is 1. The summed E-state index contributed by atoms with van der Waals surface area (Å²) < 4.78 is 53.3. The van der Waals surface area contributed by atoms with E-state index in [9.17, 15) is 18.0 Å². The number of benzene rings is 2. The number of rotatable bonds is 7. The summed E-state index contributed by atoms with van der Waals surface area (Å²) >= 11 is 1.10. The Balaban J connectivity index is 1.71. The molecule has 174 valence electrons. The summed E-state index contributed by atoms with van der Waals surface area (Å²) in [5.41, 5.74) is 0.910. The lowest BCUT2D eigenvalue weighted by Gasteiger charge is -2.20. The Morgan fingerprint density at radius 3 is 2.64 bits per heavy atom. The number of ether oxygens (including phenoxy) is 2. The topological polar surface area (TPSA) is 68.0 Å². The molecule has 0 aliphatic carbocycles. The first kappa shape index (κ1) is 22.9. The van der Waals surface area contributed by atoms with Crippen LogP contribution in [0.2, 0.25) is 0 Å². The molecule has 2 aromatic carbocycles. The van der Waals surface area contributed by atoms with Crippen LogP contribution >= 0.6 is 11.3 Å². The number of fused-ring (bicyclic) bond motifs is 2. The third kappa shape index (κ3) is 5.04. The molecule has 0 aliphatic rings. The molecule has 0 atom stereocenters. The molecule has 0 aliphatic heterocycles. The zero-order valence-corrected chi connectivity index (χ0v) is 18.8. The molecule has 4 rings (SSSR count). The smallest absolute Gasteiger partial charge is 0.493 e. The van der Waals surface area contributed by atoms with E-state index in [4.69, 9.17) is 9.15 Å². The zero-order valence-electron chi connectivity index (χ0n) is 18.0. The van der Waals surface area contributed by atoms with E-state index in [1.807, 2.05) is 25.1 Å². The van der Waals surface area contributed by atoms with Gasteiger partial charge in [0.2, 0.25) is 0 Å². The van der Waals surface area contributed by atoms with Crippen LogP contribution in [0.1, 0.15) is 10.6 Å². The van der Waals surface area contributed by atoms with Crippen molar-refractivity contribution in [3.8, 4) is 11.5 Å². The van der Waals surface area contributed by atoms with E-state index in [1.165, 1.54) is 30.2 Å². The van der Waals surface area contributed by atoms with Gasteiger partial charge in [-0.1, -0.05) is 23.5 Å². The SMILES string of the molecule is COc1cccc2cc(C(=O)N(CCN(C)C)c3nc4ccc(OC(F)(F)F)cc4s3)oc12. The molecule has 0 saturated carbocycles. The Hall–Kier alpha value is -3.31. The maximum atomic E-state index is 13.4.